The van der Waals surface area contributed by atoms with E-state index in [0.717, 1.165) is 16.3 Å². The minimum Gasteiger partial charge on any atom is -0.370 e. The van der Waals surface area contributed by atoms with E-state index in [4.69, 9.17) is 0 Å². The Labute approximate surface area is 137 Å². The fourth-order valence-corrected chi connectivity index (χ4v) is 3.82. The normalized spacial score (nSPS) is 10.7. The standard InChI is InChI=1S/C13H12Br3NS/c1-17(7-9-4-13(16)18-8-9)12-5-11(15)3-2-10(12)6-14/h2-5,8H,6-7H2,1H3. The molecule has 18 heavy (non-hydrogen) atoms. The third-order valence-corrected chi connectivity index (χ3v) is 5.29. The number of hydrogen-bond donors (Lipinski definition) is 0. The lowest BCUT2D eigenvalue weighted by Crippen LogP contribution is -2.17. The highest BCUT2D eigenvalue weighted by Crippen LogP contribution is 2.28. The molecule has 0 bridgehead atoms. The van der Waals surface area contributed by atoms with Crippen molar-refractivity contribution in [2.45, 2.75) is 11.9 Å². The molecule has 2 rings (SSSR count). The van der Waals surface area contributed by atoms with Crippen LogP contribution in [0.4, 0.5) is 5.69 Å². The molecule has 5 heteroatoms. The molecule has 1 nitrogen and oxygen atoms in total. The monoisotopic (exact) mass is 451 g/mol. The first-order valence-corrected chi connectivity index (χ1v) is 8.97. The quantitative estimate of drug-likeness (QED) is 0.528. The van der Waals surface area contributed by atoms with E-state index in [2.05, 4.69) is 89.4 Å². The van der Waals surface area contributed by atoms with Crippen LogP contribution in [0, 0.1) is 0 Å². The molecule has 0 amide bonds. The van der Waals surface area contributed by atoms with Gasteiger partial charge in [-0.05, 0) is 50.6 Å². The van der Waals surface area contributed by atoms with E-state index in [1.165, 1.54) is 20.6 Å². The van der Waals surface area contributed by atoms with E-state index < -0.39 is 0 Å². The minimum absolute atomic E-state index is 0.868. The molecule has 1 aromatic heterocycles. The molecule has 0 saturated carbocycles. The van der Waals surface area contributed by atoms with Crippen molar-refractivity contribution in [1.29, 1.82) is 0 Å². The number of halogens is 3. The Balaban J connectivity index is 2.22. The van der Waals surface area contributed by atoms with Crippen LogP contribution in [0.25, 0.3) is 0 Å². The lowest BCUT2D eigenvalue weighted by Gasteiger charge is -2.22. The first kappa shape index (κ1) is 14.6. The molecule has 0 atom stereocenters. The van der Waals surface area contributed by atoms with Gasteiger partial charge in [-0.2, -0.15) is 0 Å². The molecule has 0 radical (unpaired) electrons. The van der Waals surface area contributed by atoms with E-state index >= 15 is 0 Å². The molecule has 1 aromatic carbocycles. The Bertz CT molecular complexity index is 539. The maximum atomic E-state index is 3.54. The maximum Gasteiger partial charge on any atom is 0.0701 e. The van der Waals surface area contributed by atoms with Gasteiger partial charge in [0.05, 0.1) is 3.79 Å². The molecule has 0 aliphatic heterocycles. The van der Waals surface area contributed by atoms with Crippen LogP contribution >= 0.6 is 59.1 Å². The second-order valence-electron chi connectivity index (χ2n) is 4.02. The van der Waals surface area contributed by atoms with Gasteiger partial charge in [-0.25, -0.2) is 0 Å². The predicted molar refractivity (Wildman–Crippen MR) is 90.9 cm³/mol. The summed E-state index contributed by atoms with van der Waals surface area (Å²) in [5.41, 5.74) is 3.88. The molecular formula is C13H12Br3NS. The van der Waals surface area contributed by atoms with Crippen molar-refractivity contribution in [3.63, 3.8) is 0 Å². The second-order valence-corrected chi connectivity index (χ2v) is 7.79. The summed E-state index contributed by atoms with van der Waals surface area (Å²) in [6.45, 7) is 0.915. The van der Waals surface area contributed by atoms with Gasteiger partial charge < -0.3 is 4.90 Å². The number of rotatable bonds is 4. The minimum atomic E-state index is 0.868. The molecule has 0 unspecified atom stereocenters. The molecule has 96 valence electrons. The van der Waals surface area contributed by atoms with Crippen molar-refractivity contribution in [2.75, 3.05) is 11.9 Å². The van der Waals surface area contributed by atoms with Crippen LogP contribution in [0.15, 0.2) is 37.9 Å². The Kier molecular flexibility index (Phi) is 5.30. The molecule has 0 aliphatic rings. The average Bonchev–Trinajstić information content (AvgIpc) is 2.74. The lowest BCUT2D eigenvalue weighted by atomic mass is 10.2. The lowest BCUT2D eigenvalue weighted by molar-refractivity contribution is 0.920. The highest BCUT2D eigenvalue weighted by atomic mass is 79.9. The van der Waals surface area contributed by atoms with Crippen molar-refractivity contribution >= 4 is 64.8 Å². The molecule has 2 aromatic rings. The number of anilines is 1. The molecule has 0 spiro atoms. The molecular weight excluding hydrogens is 442 g/mol. The van der Waals surface area contributed by atoms with Gasteiger partial charge in [-0.3, -0.25) is 0 Å². The van der Waals surface area contributed by atoms with Gasteiger partial charge in [0.25, 0.3) is 0 Å². The van der Waals surface area contributed by atoms with Crippen molar-refractivity contribution in [3.05, 3.63) is 49.0 Å². The van der Waals surface area contributed by atoms with Crippen LogP contribution in [0.1, 0.15) is 11.1 Å². The fraction of sp³-hybridized carbons (Fsp3) is 0.231. The third-order valence-electron chi connectivity index (χ3n) is 2.64. The first-order valence-electron chi connectivity index (χ1n) is 5.38. The number of hydrogen-bond acceptors (Lipinski definition) is 2. The van der Waals surface area contributed by atoms with Gasteiger partial charge in [0.15, 0.2) is 0 Å². The summed E-state index contributed by atoms with van der Waals surface area (Å²) in [5, 5.41) is 3.06. The van der Waals surface area contributed by atoms with Gasteiger partial charge >= 0.3 is 0 Å². The zero-order chi connectivity index (χ0) is 13.1. The SMILES string of the molecule is CN(Cc1csc(Br)c1)c1cc(Br)ccc1CBr. The summed E-state index contributed by atoms with van der Waals surface area (Å²) < 4.78 is 2.29. The number of thiophene rings is 1. The first-order chi connectivity index (χ1) is 8.60. The van der Waals surface area contributed by atoms with Crippen LogP contribution in [0.5, 0.6) is 0 Å². The third kappa shape index (κ3) is 3.59. The van der Waals surface area contributed by atoms with Crippen LogP contribution in [0.2, 0.25) is 0 Å². The van der Waals surface area contributed by atoms with Crippen LogP contribution in [-0.4, -0.2) is 7.05 Å². The summed E-state index contributed by atoms with van der Waals surface area (Å²) in [7, 11) is 2.12. The highest BCUT2D eigenvalue weighted by Gasteiger charge is 2.09. The Hall–Kier alpha value is 0.160. The average molecular weight is 454 g/mol. The van der Waals surface area contributed by atoms with Crippen LogP contribution < -0.4 is 4.90 Å². The summed E-state index contributed by atoms with van der Waals surface area (Å²) in [6.07, 6.45) is 0. The summed E-state index contributed by atoms with van der Waals surface area (Å²) in [5.74, 6) is 0. The maximum absolute atomic E-state index is 3.54. The molecule has 1 heterocycles. The van der Waals surface area contributed by atoms with Gasteiger partial charge in [0.2, 0.25) is 0 Å². The summed E-state index contributed by atoms with van der Waals surface area (Å²) in [6, 6.07) is 8.56. The van der Waals surface area contributed by atoms with Crippen molar-refractivity contribution in [2.24, 2.45) is 0 Å². The van der Waals surface area contributed by atoms with Gasteiger partial charge in [-0.15, -0.1) is 11.3 Å². The second kappa shape index (κ2) is 6.55. The zero-order valence-corrected chi connectivity index (χ0v) is 15.4. The van der Waals surface area contributed by atoms with Crippen LogP contribution in [-0.2, 0) is 11.9 Å². The van der Waals surface area contributed by atoms with Gasteiger partial charge in [0.1, 0.15) is 0 Å². The van der Waals surface area contributed by atoms with Crippen molar-refractivity contribution < 1.29 is 0 Å². The summed E-state index contributed by atoms with van der Waals surface area (Å²) >= 11 is 12.3. The van der Waals surface area contributed by atoms with E-state index in [1.54, 1.807) is 11.3 Å². The van der Waals surface area contributed by atoms with Gasteiger partial charge in [0, 0.05) is 29.1 Å². The molecule has 0 aliphatic carbocycles. The Morgan fingerprint density at radius 1 is 1.22 bits per heavy atom. The van der Waals surface area contributed by atoms with E-state index in [0.29, 0.717) is 0 Å². The number of alkyl halides is 1. The van der Waals surface area contributed by atoms with E-state index in [9.17, 15) is 0 Å². The van der Waals surface area contributed by atoms with Crippen molar-refractivity contribution in [1.82, 2.24) is 0 Å². The van der Waals surface area contributed by atoms with E-state index in [-0.39, 0.29) is 0 Å². The van der Waals surface area contributed by atoms with E-state index in [1.807, 2.05) is 0 Å². The topological polar surface area (TPSA) is 3.24 Å². The number of nitrogens with zero attached hydrogens (tertiary/aromatic N) is 1. The number of benzene rings is 1. The smallest absolute Gasteiger partial charge is 0.0701 e. The molecule has 0 N–H and O–H groups in total. The fourth-order valence-electron chi connectivity index (χ4n) is 1.79. The zero-order valence-electron chi connectivity index (χ0n) is 9.79. The summed E-state index contributed by atoms with van der Waals surface area (Å²) in [4.78, 5) is 2.27. The Morgan fingerprint density at radius 2 is 2.00 bits per heavy atom. The predicted octanol–water partition coefficient (Wildman–Crippen LogP) is 5.80. The van der Waals surface area contributed by atoms with Crippen molar-refractivity contribution in [3.8, 4) is 0 Å². The molecule has 0 fully saturated rings. The Morgan fingerprint density at radius 3 is 2.61 bits per heavy atom. The van der Waals surface area contributed by atoms with Gasteiger partial charge in [-0.1, -0.05) is 37.9 Å². The largest absolute Gasteiger partial charge is 0.370 e. The highest BCUT2D eigenvalue weighted by molar-refractivity contribution is 9.11. The van der Waals surface area contributed by atoms with Crippen LogP contribution in [0.3, 0.4) is 0 Å². The molecule has 0 saturated heterocycles.